The van der Waals surface area contributed by atoms with Crippen molar-refractivity contribution in [2.24, 2.45) is 0 Å². The van der Waals surface area contributed by atoms with Crippen LogP contribution in [-0.4, -0.2) is 39.0 Å². The van der Waals surface area contributed by atoms with Gasteiger partial charge in [-0.2, -0.15) is 0 Å². The molecule has 0 bridgehead atoms. The molecule has 2 aromatic rings. The van der Waals surface area contributed by atoms with Gasteiger partial charge in [0.15, 0.2) is 12.6 Å². The summed E-state index contributed by atoms with van der Waals surface area (Å²) in [5, 5.41) is 38.7. The second kappa shape index (κ2) is 6.91. The number of rotatable bonds is 5. The minimum absolute atomic E-state index is 0.188. The van der Waals surface area contributed by atoms with Crippen LogP contribution in [-0.2, 0) is 11.3 Å². The van der Waals surface area contributed by atoms with E-state index in [0.29, 0.717) is 0 Å². The van der Waals surface area contributed by atoms with E-state index < -0.39 is 34.5 Å². The monoisotopic (exact) mass is 346 g/mol. The van der Waals surface area contributed by atoms with Crippen molar-refractivity contribution in [2.45, 2.75) is 13.5 Å². The van der Waals surface area contributed by atoms with Gasteiger partial charge in [-0.25, -0.2) is 4.79 Å². The summed E-state index contributed by atoms with van der Waals surface area (Å²) in [4.78, 5) is 33.8. The zero-order chi connectivity index (χ0) is 18.7. The lowest BCUT2D eigenvalue weighted by molar-refractivity contribution is 0.0467. The Bertz CT molecular complexity index is 846. The normalized spacial score (nSPS) is 10.3. The Morgan fingerprint density at radius 1 is 0.960 bits per heavy atom. The molecule has 0 atom stereocenters. The highest BCUT2D eigenvalue weighted by atomic mass is 16.5. The van der Waals surface area contributed by atoms with Crippen LogP contribution in [0.25, 0.3) is 0 Å². The average Bonchev–Trinajstić information content (AvgIpc) is 2.52. The van der Waals surface area contributed by atoms with E-state index in [1.54, 1.807) is 0 Å². The summed E-state index contributed by atoms with van der Waals surface area (Å²) < 4.78 is 4.99. The SMILES string of the molecule is Cc1cc(O)c(C=O)c(O)c1C(=O)OCc1cc(O)c(C=O)c(O)c1. The molecule has 130 valence electrons. The van der Waals surface area contributed by atoms with Crippen molar-refractivity contribution in [3.63, 3.8) is 0 Å². The molecule has 8 heteroatoms. The fourth-order valence-electron chi connectivity index (χ4n) is 2.28. The summed E-state index contributed by atoms with van der Waals surface area (Å²) in [5.41, 5.74) is -0.646. The van der Waals surface area contributed by atoms with E-state index in [0.717, 1.165) is 18.2 Å². The zero-order valence-corrected chi connectivity index (χ0v) is 13.0. The van der Waals surface area contributed by atoms with Crippen molar-refractivity contribution in [3.8, 4) is 23.0 Å². The van der Waals surface area contributed by atoms with Crippen LogP contribution >= 0.6 is 0 Å². The summed E-state index contributed by atoms with van der Waals surface area (Å²) in [7, 11) is 0. The van der Waals surface area contributed by atoms with E-state index in [1.165, 1.54) is 6.92 Å². The van der Waals surface area contributed by atoms with Crippen LogP contribution in [0.4, 0.5) is 0 Å². The molecule has 0 aliphatic carbocycles. The number of aldehydes is 2. The molecule has 2 aromatic carbocycles. The number of hydrogen-bond acceptors (Lipinski definition) is 8. The van der Waals surface area contributed by atoms with Crippen LogP contribution in [0.3, 0.4) is 0 Å². The van der Waals surface area contributed by atoms with E-state index in [1.807, 2.05) is 0 Å². The molecule has 0 amide bonds. The van der Waals surface area contributed by atoms with Gasteiger partial charge in [0, 0.05) is 0 Å². The summed E-state index contributed by atoms with van der Waals surface area (Å²) in [6, 6.07) is 3.41. The van der Waals surface area contributed by atoms with E-state index in [4.69, 9.17) is 4.74 Å². The van der Waals surface area contributed by atoms with Gasteiger partial charge in [-0.3, -0.25) is 9.59 Å². The quantitative estimate of drug-likeness (QED) is 0.474. The van der Waals surface area contributed by atoms with Crippen LogP contribution < -0.4 is 0 Å². The van der Waals surface area contributed by atoms with Gasteiger partial charge in [0.1, 0.15) is 35.2 Å². The first-order chi connectivity index (χ1) is 11.8. The van der Waals surface area contributed by atoms with Crippen molar-refractivity contribution in [1.82, 2.24) is 0 Å². The second-order valence-corrected chi connectivity index (χ2v) is 5.21. The predicted octanol–water partition coefficient (Wildman–Crippen LogP) is 1.80. The summed E-state index contributed by atoms with van der Waals surface area (Å²) >= 11 is 0. The van der Waals surface area contributed by atoms with Crippen molar-refractivity contribution in [3.05, 3.63) is 46.0 Å². The van der Waals surface area contributed by atoms with E-state index in [9.17, 15) is 34.8 Å². The molecule has 8 nitrogen and oxygen atoms in total. The van der Waals surface area contributed by atoms with Gasteiger partial charge in [-0.1, -0.05) is 0 Å². The van der Waals surface area contributed by atoms with E-state index >= 15 is 0 Å². The van der Waals surface area contributed by atoms with Gasteiger partial charge in [0.05, 0.1) is 11.1 Å². The Balaban J connectivity index is 2.27. The highest BCUT2D eigenvalue weighted by molar-refractivity contribution is 5.99. The maximum Gasteiger partial charge on any atom is 0.342 e. The third-order valence-corrected chi connectivity index (χ3v) is 3.52. The molecular formula is C17H14O8. The molecule has 0 unspecified atom stereocenters. The van der Waals surface area contributed by atoms with Crippen molar-refractivity contribution in [1.29, 1.82) is 0 Å². The predicted molar refractivity (Wildman–Crippen MR) is 84.2 cm³/mol. The fraction of sp³-hybridized carbons (Fsp3) is 0.118. The number of aromatic hydroxyl groups is 4. The topological polar surface area (TPSA) is 141 Å². The number of hydrogen-bond donors (Lipinski definition) is 4. The molecule has 2 rings (SSSR count). The number of phenols is 4. The minimum atomic E-state index is -0.975. The number of aryl methyl sites for hydroxylation is 1. The first kappa shape index (κ1) is 17.8. The number of benzene rings is 2. The average molecular weight is 346 g/mol. The molecule has 0 saturated heterocycles. The first-order valence-corrected chi connectivity index (χ1v) is 6.98. The summed E-state index contributed by atoms with van der Waals surface area (Å²) in [5.74, 6) is -3.11. The van der Waals surface area contributed by atoms with Gasteiger partial charge in [-0.05, 0) is 36.2 Å². The number of ether oxygens (including phenoxy) is 1. The Morgan fingerprint density at radius 2 is 1.48 bits per heavy atom. The van der Waals surface area contributed by atoms with Crippen LogP contribution in [0.1, 0.15) is 42.2 Å². The van der Waals surface area contributed by atoms with Gasteiger partial charge >= 0.3 is 5.97 Å². The van der Waals surface area contributed by atoms with Crippen LogP contribution in [0.15, 0.2) is 18.2 Å². The number of carbonyl (C=O) groups is 3. The van der Waals surface area contributed by atoms with Crippen molar-refractivity contribution in [2.75, 3.05) is 0 Å². The standard InChI is InChI=1S/C17H14O8/c1-8-2-12(20)11(6-19)16(23)15(8)17(24)25-7-9-3-13(21)10(5-18)14(22)4-9/h2-6,20-23H,7H2,1H3. The second-order valence-electron chi connectivity index (χ2n) is 5.21. The molecule has 0 saturated carbocycles. The third-order valence-electron chi connectivity index (χ3n) is 3.52. The number of carbonyl (C=O) groups excluding carboxylic acids is 3. The highest BCUT2D eigenvalue weighted by Gasteiger charge is 2.22. The van der Waals surface area contributed by atoms with Crippen LogP contribution in [0, 0.1) is 6.92 Å². The maximum absolute atomic E-state index is 12.2. The van der Waals surface area contributed by atoms with Crippen molar-refractivity contribution >= 4 is 18.5 Å². The number of esters is 1. The molecular weight excluding hydrogens is 332 g/mol. The first-order valence-electron chi connectivity index (χ1n) is 6.98. The highest BCUT2D eigenvalue weighted by Crippen LogP contribution is 2.33. The molecule has 25 heavy (non-hydrogen) atoms. The molecule has 0 aliphatic heterocycles. The largest absolute Gasteiger partial charge is 0.507 e. The van der Waals surface area contributed by atoms with E-state index in [2.05, 4.69) is 0 Å². The molecule has 0 fully saturated rings. The lowest BCUT2D eigenvalue weighted by Crippen LogP contribution is -2.09. The smallest absolute Gasteiger partial charge is 0.342 e. The summed E-state index contributed by atoms with van der Waals surface area (Å²) in [6.07, 6.45) is 0.481. The van der Waals surface area contributed by atoms with Gasteiger partial charge in [0.25, 0.3) is 0 Å². The number of phenolic OH excluding ortho intramolecular Hbond substituents is 4. The molecule has 0 heterocycles. The summed E-state index contributed by atoms with van der Waals surface area (Å²) in [6.45, 7) is 1.05. The van der Waals surface area contributed by atoms with E-state index in [-0.39, 0.29) is 41.4 Å². The lowest BCUT2D eigenvalue weighted by Gasteiger charge is -2.12. The third kappa shape index (κ3) is 3.37. The minimum Gasteiger partial charge on any atom is -0.507 e. The van der Waals surface area contributed by atoms with Crippen LogP contribution in [0.5, 0.6) is 23.0 Å². The molecule has 0 aromatic heterocycles. The Morgan fingerprint density at radius 3 is 2.00 bits per heavy atom. The lowest BCUT2D eigenvalue weighted by atomic mass is 10.0. The zero-order valence-electron chi connectivity index (χ0n) is 13.0. The fourth-order valence-corrected chi connectivity index (χ4v) is 2.28. The van der Waals surface area contributed by atoms with Crippen molar-refractivity contribution < 1.29 is 39.5 Å². The Hall–Kier alpha value is -3.55. The molecule has 4 N–H and O–H groups in total. The maximum atomic E-state index is 12.2. The van der Waals surface area contributed by atoms with Gasteiger partial charge in [0.2, 0.25) is 0 Å². The molecule has 0 radical (unpaired) electrons. The van der Waals surface area contributed by atoms with Crippen LogP contribution in [0.2, 0.25) is 0 Å². The Labute approximate surface area is 141 Å². The Kier molecular flexibility index (Phi) is 4.92. The van der Waals surface area contributed by atoms with Gasteiger partial charge in [-0.15, -0.1) is 0 Å². The van der Waals surface area contributed by atoms with Gasteiger partial charge < -0.3 is 25.2 Å². The molecule has 0 spiro atoms. The molecule has 0 aliphatic rings.